The first-order valence-corrected chi connectivity index (χ1v) is 6.99. The van der Waals surface area contributed by atoms with E-state index in [9.17, 15) is 18.0 Å². The van der Waals surface area contributed by atoms with Crippen molar-refractivity contribution in [1.82, 2.24) is 4.90 Å². The Kier molecular flexibility index (Phi) is 5.05. The van der Waals surface area contributed by atoms with E-state index in [1.807, 2.05) is 6.07 Å². The molecule has 3 nitrogen and oxygen atoms in total. The lowest BCUT2D eigenvalue weighted by Gasteiger charge is -2.26. The molecule has 0 bridgehead atoms. The molecule has 2 aromatic rings. The number of benzene rings is 2. The molecule has 1 amide bonds. The van der Waals surface area contributed by atoms with Gasteiger partial charge >= 0.3 is 6.18 Å². The van der Waals surface area contributed by atoms with Crippen LogP contribution in [0.2, 0.25) is 0 Å². The fourth-order valence-corrected chi connectivity index (χ4v) is 2.45. The second-order valence-electron chi connectivity index (χ2n) is 5.33. The first-order chi connectivity index (χ1) is 10.8. The van der Waals surface area contributed by atoms with Gasteiger partial charge in [0.05, 0.1) is 5.56 Å². The van der Waals surface area contributed by atoms with E-state index < -0.39 is 23.7 Å². The minimum Gasteiger partial charge on any atom is -0.368 e. The Bertz CT molecular complexity index is 654. The van der Waals surface area contributed by atoms with E-state index in [2.05, 4.69) is 0 Å². The maximum Gasteiger partial charge on any atom is 0.416 e. The van der Waals surface area contributed by atoms with Gasteiger partial charge in [-0.2, -0.15) is 13.2 Å². The summed E-state index contributed by atoms with van der Waals surface area (Å²) >= 11 is 0. The maximum absolute atomic E-state index is 12.6. The number of nitrogens with zero attached hydrogens (tertiary/aromatic N) is 1. The molecule has 0 aromatic heterocycles. The van der Waals surface area contributed by atoms with E-state index in [1.165, 1.54) is 12.1 Å². The van der Waals surface area contributed by atoms with Gasteiger partial charge in [-0.15, -0.1) is 0 Å². The van der Waals surface area contributed by atoms with E-state index in [0.29, 0.717) is 12.1 Å². The van der Waals surface area contributed by atoms with Crippen LogP contribution in [-0.4, -0.2) is 17.9 Å². The van der Waals surface area contributed by atoms with Gasteiger partial charge < -0.3 is 5.73 Å². The molecule has 0 aliphatic heterocycles. The maximum atomic E-state index is 12.6. The summed E-state index contributed by atoms with van der Waals surface area (Å²) in [6.07, 6.45) is -4.36. The van der Waals surface area contributed by atoms with Gasteiger partial charge in [0.25, 0.3) is 0 Å². The molecule has 6 heteroatoms. The van der Waals surface area contributed by atoms with Crippen LogP contribution >= 0.6 is 0 Å². The van der Waals surface area contributed by atoms with Gasteiger partial charge in [0, 0.05) is 6.54 Å². The summed E-state index contributed by atoms with van der Waals surface area (Å²) in [4.78, 5) is 13.5. The molecule has 0 aliphatic rings. The molecule has 2 rings (SSSR count). The number of hydrogen-bond acceptors (Lipinski definition) is 2. The van der Waals surface area contributed by atoms with Crippen molar-refractivity contribution in [3.05, 3.63) is 71.3 Å². The Hall–Kier alpha value is -2.34. The zero-order valence-corrected chi connectivity index (χ0v) is 12.5. The molecule has 0 heterocycles. The minimum absolute atomic E-state index is 0.306. The third-order valence-corrected chi connectivity index (χ3v) is 3.54. The first-order valence-electron chi connectivity index (χ1n) is 6.99. The second-order valence-corrected chi connectivity index (χ2v) is 5.33. The summed E-state index contributed by atoms with van der Waals surface area (Å²) in [5, 5.41) is 0. The molecule has 23 heavy (non-hydrogen) atoms. The topological polar surface area (TPSA) is 46.3 Å². The molecular weight excluding hydrogens is 305 g/mol. The standard InChI is InChI=1S/C17H17F3N2O/c1-22(15(16(21)23)13-5-3-2-4-6-13)11-12-7-9-14(10-8-12)17(18,19)20/h2-10,15H,11H2,1H3,(H2,21,23)/t15-/m0/s1. The molecule has 0 saturated carbocycles. The predicted octanol–water partition coefficient (Wildman–Crippen LogP) is 3.36. The lowest BCUT2D eigenvalue weighted by Crippen LogP contribution is -2.34. The number of hydrogen-bond donors (Lipinski definition) is 1. The Morgan fingerprint density at radius 1 is 1.09 bits per heavy atom. The van der Waals surface area contributed by atoms with Crippen molar-refractivity contribution in [2.75, 3.05) is 7.05 Å². The zero-order valence-electron chi connectivity index (χ0n) is 12.5. The number of nitrogens with two attached hydrogens (primary N) is 1. The number of carbonyl (C=O) groups excluding carboxylic acids is 1. The third-order valence-electron chi connectivity index (χ3n) is 3.54. The smallest absolute Gasteiger partial charge is 0.368 e. The number of rotatable bonds is 5. The Balaban J connectivity index is 2.16. The van der Waals surface area contributed by atoms with Crippen LogP contribution in [0.15, 0.2) is 54.6 Å². The van der Waals surface area contributed by atoms with Crippen LogP contribution in [0.5, 0.6) is 0 Å². The lowest BCUT2D eigenvalue weighted by molar-refractivity contribution is -0.137. The molecule has 0 saturated heterocycles. The monoisotopic (exact) mass is 322 g/mol. The Morgan fingerprint density at radius 2 is 1.65 bits per heavy atom. The van der Waals surface area contributed by atoms with E-state index in [0.717, 1.165) is 17.7 Å². The van der Waals surface area contributed by atoms with Gasteiger partial charge in [0.15, 0.2) is 0 Å². The fraction of sp³-hybridized carbons (Fsp3) is 0.235. The van der Waals surface area contributed by atoms with Gasteiger partial charge in [0.2, 0.25) is 5.91 Å². The average Bonchev–Trinajstić information content (AvgIpc) is 2.47. The van der Waals surface area contributed by atoms with E-state index in [1.54, 1.807) is 36.2 Å². The van der Waals surface area contributed by atoms with Crippen molar-refractivity contribution in [3.8, 4) is 0 Å². The number of halogens is 3. The van der Waals surface area contributed by atoms with Gasteiger partial charge in [-0.1, -0.05) is 42.5 Å². The molecule has 0 aliphatic carbocycles. The molecule has 0 radical (unpaired) electrons. The van der Waals surface area contributed by atoms with Gasteiger partial charge in [-0.25, -0.2) is 0 Å². The fourth-order valence-electron chi connectivity index (χ4n) is 2.45. The summed E-state index contributed by atoms with van der Waals surface area (Å²) in [6, 6.07) is 13.3. The normalized spacial score (nSPS) is 13.1. The van der Waals surface area contributed by atoms with E-state index >= 15 is 0 Å². The van der Waals surface area contributed by atoms with Crippen LogP contribution in [0.3, 0.4) is 0 Å². The van der Waals surface area contributed by atoms with E-state index in [4.69, 9.17) is 5.73 Å². The van der Waals surface area contributed by atoms with Crippen LogP contribution in [0.4, 0.5) is 13.2 Å². The van der Waals surface area contributed by atoms with Crippen LogP contribution in [0, 0.1) is 0 Å². The zero-order chi connectivity index (χ0) is 17.0. The summed E-state index contributed by atoms with van der Waals surface area (Å²) in [6.45, 7) is 0.306. The molecule has 2 N–H and O–H groups in total. The quantitative estimate of drug-likeness (QED) is 0.917. The van der Waals surface area contributed by atoms with Gasteiger partial charge in [0.1, 0.15) is 6.04 Å². The number of alkyl halides is 3. The number of likely N-dealkylation sites (N-methyl/N-ethyl adjacent to an activating group) is 1. The SMILES string of the molecule is CN(Cc1ccc(C(F)(F)F)cc1)[C@H](C(N)=O)c1ccccc1. The van der Waals surface area contributed by atoms with Crippen molar-refractivity contribution >= 4 is 5.91 Å². The molecule has 122 valence electrons. The highest BCUT2D eigenvalue weighted by molar-refractivity contribution is 5.81. The lowest BCUT2D eigenvalue weighted by atomic mass is 10.0. The second kappa shape index (κ2) is 6.83. The summed E-state index contributed by atoms with van der Waals surface area (Å²) in [5.74, 6) is -0.509. The van der Waals surface area contributed by atoms with Crippen molar-refractivity contribution in [2.45, 2.75) is 18.8 Å². The Morgan fingerprint density at radius 3 is 2.13 bits per heavy atom. The van der Waals surface area contributed by atoms with Gasteiger partial charge in [-0.3, -0.25) is 9.69 Å². The molecular formula is C17H17F3N2O. The summed E-state index contributed by atoms with van der Waals surface area (Å²) in [7, 11) is 1.71. The van der Waals surface area contributed by atoms with Crippen LogP contribution in [0.1, 0.15) is 22.7 Å². The van der Waals surface area contributed by atoms with E-state index in [-0.39, 0.29) is 0 Å². The first kappa shape index (κ1) is 17.0. The van der Waals surface area contributed by atoms with Gasteiger partial charge in [-0.05, 0) is 30.3 Å². The van der Waals surface area contributed by atoms with Crippen LogP contribution in [0.25, 0.3) is 0 Å². The third kappa shape index (κ3) is 4.32. The highest BCUT2D eigenvalue weighted by atomic mass is 19.4. The average molecular weight is 322 g/mol. The molecule has 0 unspecified atom stereocenters. The highest BCUT2D eigenvalue weighted by Crippen LogP contribution is 2.29. The minimum atomic E-state index is -4.36. The van der Waals surface area contributed by atoms with Crippen LogP contribution in [-0.2, 0) is 17.5 Å². The van der Waals surface area contributed by atoms with Crippen molar-refractivity contribution in [2.24, 2.45) is 5.73 Å². The van der Waals surface area contributed by atoms with Crippen molar-refractivity contribution in [1.29, 1.82) is 0 Å². The van der Waals surface area contributed by atoms with Crippen molar-refractivity contribution < 1.29 is 18.0 Å². The largest absolute Gasteiger partial charge is 0.416 e. The molecule has 2 aromatic carbocycles. The highest BCUT2D eigenvalue weighted by Gasteiger charge is 2.30. The van der Waals surface area contributed by atoms with Crippen LogP contribution < -0.4 is 5.73 Å². The number of amides is 1. The number of primary amides is 1. The summed E-state index contributed by atoms with van der Waals surface area (Å²) in [5.41, 5.74) is 6.19. The Labute approximate surface area is 132 Å². The molecule has 1 atom stereocenters. The number of carbonyl (C=O) groups is 1. The predicted molar refractivity (Wildman–Crippen MR) is 81.3 cm³/mol. The molecule has 0 fully saturated rings. The summed E-state index contributed by atoms with van der Waals surface area (Å²) < 4.78 is 37.7. The van der Waals surface area contributed by atoms with Crippen molar-refractivity contribution in [3.63, 3.8) is 0 Å². The molecule has 0 spiro atoms.